The Labute approximate surface area is 153 Å². The normalized spacial score (nSPS) is 11.1. The van der Waals surface area contributed by atoms with Crippen LogP contribution >= 0.6 is 0 Å². The molecular formula is C22H21FN2O. The Morgan fingerprint density at radius 1 is 0.846 bits per heavy atom. The number of rotatable bonds is 6. The van der Waals surface area contributed by atoms with E-state index in [1.54, 1.807) is 18.3 Å². The van der Waals surface area contributed by atoms with E-state index in [0.29, 0.717) is 5.92 Å². The van der Waals surface area contributed by atoms with Gasteiger partial charge in [-0.25, -0.2) is 4.39 Å². The number of anilines is 1. The molecule has 0 aliphatic carbocycles. The predicted molar refractivity (Wildman–Crippen MR) is 105 cm³/mol. The van der Waals surface area contributed by atoms with E-state index < -0.39 is 0 Å². The van der Waals surface area contributed by atoms with Crippen molar-refractivity contribution < 1.29 is 9.13 Å². The van der Waals surface area contributed by atoms with Gasteiger partial charge in [0.2, 0.25) is 0 Å². The largest absolute Gasteiger partial charge is 0.457 e. The number of ether oxygens (including phenoxy) is 1. The van der Waals surface area contributed by atoms with E-state index in [4.69, 9.17) is 4.74 Å². The number of hydrazone groups is 1. The topological polar surface area (TPSA) is 33.6 Å². The fraction of sp³-hybridized carbons (Fsp3) is 0.136. The van der Waals surface area contributed by atoms with Crippen LogP contribution in [-0.2, 0) is 0 Å². The number of hydrogen-bond donors (Lipinski definition) is 1. The van der Waals surface area contributed by atoms with Crippen molar-refractivity contribution in [2.45, 2.75) is 19.8 Å². The highest BCUT2D eigenvalue weighted by Gasteiger charge is 2.01. The van der Waals surface area contributed by atoms with Gasteiger partial charge in [0.25, 0.3) is 0 Å². The van der Waals surface area contributed by atoms with Gasteiger partial charge in [-0.1, -0.05) is 26.0 Å². The smallest absolute Gasteiger partial charge is 0.127 e. The van der Waals surface area contributed by atoms with E-state index in [1.165, 1.54) is 17.7 Å². The Bertz CT molecular complexity index is 854. The summed E-state index contributed by atoms with van der Waals surface area (Å²) in [6, 6.07) is 21.8. The third kappa shape index (κ3) is 4.93. The maximum Gasteiger partial charge on any atom is 0.127 e. The SMILES string of the molecule is CC(C)c1ccc(Oc2ccc(C=NNc3ccc(F)cc3)cc2)cc1. The Morgan fingerprint density at radius 3 is 2.00 bits per heavy atom. The molecule has 0 fully saturated rings. The van der Waals surface area contributed by atoms with Gasteiger partial charge in [-0.15, -0.1) is 0 Å². The quantitative estimate of drug-likeness (QED) is 0.426. The van der Waals surface area contributed by atoms with Crippen LogP contribution in [0.15, 0.2) is 77.9 Å². The van der Waals surface area contributed by atoms with E-state index in [-0.39, 0.29) is 5.82 Å². The molecular weight excluding hydrogens is 327 g/mol. The molecule has 3 rings (SSSR count). The van der Waals surface area contributed by atoms with Crippen LogP contribution in [0.1, 0.15) is 30.9 Å². The molecule has 4 heteroatoms. The first-order valence-electron chi connectivity index (χ1n) is 8.53. The highest BCUT2D eigenvalue weighted by atomic mass is 19.1. The van der Waals surface area contributed by atoms with Gasteiger partial charge in [0.1, 0.15) is 17.3 Å². The Kier molecular flexibility index (Phi) is 5.64. The lowest BCUT2D eigenvalue weighted by Crippen LogP contribution is -1.91. The summed E-state index contributed by atoms with van der Waals surface area (Å²) in [5.41, 5.74) is 5.81. The van der Waals surface area contributed by atoms with Crippen LogP contribution in [0, 0.1) is 5.82 Å². The summed E-state index contributed by atoms with van der Waals surface area (Å²) in [6.45, 7) is 4.34. The van der Waals surface area contributed by atoms with Gasteiger partial charge in [0, 0.05) is 0 Å². The van der Waals surface area contributed by atoms with Crippen LogP contribution in [0.2, 0.25) is 0 Å². The van der Waals surface area contributed by atoms with Gasteiger partial charge in [0.15, 0.2) is 0 Å². The standard InChI is InChI=1S/C22H21FN2O/c1-16(2)18-5-13-22(14-6-18)26-21-11-3-17(4-12-21)15-24-25-20-9-7-19(23)8-10-20/h3-16,25H,1-2H3. The van der Waals surface area contributed by atoms with Crippen LogP contribution < -0.4 is 10.2 Å². The van der Waals surface area contributed by atoms with Crippen LogP contribution in [0.25, 0.3) is 0 Å². The lowest BCUT2D eigenvalue weighted by Gasteiger charge is -2.08. The highest BCUT2D eigenvalue weighted by Crippen LogP contribution is 2.24. The minimum atomic E-state index is -0.269. The molecule has 0 amide bonds. The molecule has 1 N–H and O–H groups in total. The highest BCUT2D eigenvalue weighted by molar-refractivity contribution is 5.80. The van der Waals surface area contributed by atoms with E-state index in [9.17, 15) is 4.39 Å². The number of halogens is 1. The van der Waals surface area contributed by atoms with Gasteiger partial charge < -0.3 is 4.74 Å². The number of hydrogen-bond acceptors (Lipinski definition) is 3. The van der Waals surface area contributed by atoms with Gasteiger partial charge >= 0.3 is 0 Å². The number of nitrogens with one attached hydrogen (secondary N) is 1. The molecule has 0 spiro atoms. The van der Waals surface area contributed by atoms with Crippen molar-refractivity contribution in [2.24, 2.45) is 5.10 Å². The summed E-state index contributed by atoms with van der Waals surface area (Å²) in [7, 11) is 0. The van der Waals surface area contributed by atoms with Crippen LogP contribution in [0.5, 0.6) is 11.5 Å². The molecule has 0 saturated heterocycles. The summed E-state index contributed by atoms with van der Waals surface area (Å²) in [4.78, 5) is 0. The average Bonchev–Trinajstić information content (AvgIpc) is 2.65. The minimum absolute atomic E-state index is 0.269. The zero-order valence-electron chi connectivity index (χ0n) is 14.8. The fourth-order valence-electron chi connectivity index (χ4n) is 2.38. The van der Waals surface area contributed by atoms with Crippen LogP contribution in [0.3, 0.4) is 0 Å². The summed E-state index contributed by atoms with van der Waals surface area (Å²) < 4.78 is 18.7. The molecule has 0 saturated carbocycles. The van der Waals surface area contributed by atoms with Crippen molar-refractivity contribution in [3.05, 3.63) is 89.7 Å². The Hall–Kier alpha value is -3.14. The molecule has 26 heavy (non-hydrogen) atoms. The summed E-state index contributed by atoms with van der Waals surface area (Å²) in [6.07, 6.45) is 1.70. The van der Waals surface area contributed by atoms with Crippen molar-refractivity contribution in [1.82, 2.24) is 0 Å². The van der Waals surface area contributed by atoms with Crippen molar-refractivity contribution in [3.8, 4) is 11.5 Å². The fourth-order valence-corrected chi connectivity index (χ4v) is 2.38. The second-order valence-electron chi connectivity index (χ2n) is 6.27. The second-order valence-corrected chi connectivity index (χ2v) is 6.27. The summed E-state index contributed by atoms with van der Waals surface area (Å²) >= 11 is 0. The zero-order chi connectivity index (χ0) is 18.4. The minimum Gasteiger partial charge on any atom is -0.457 e. The third-order valence-electron chi connectivity index (χ3n) is 3.91. The van der Waals surface area contributed by atoms with Gasteiger partial charge in [-0.2, -0.15) is 5.10 Å². The molecule has 0 heterocycles. The third-order valence-corrected chi connectivity index (χ3v) is 3.91. The molecule has 0 radical (unpaired) electrons. The molecule has 0 aliphatic heterocycles. The second kappa shape index (κ2) is 8.30. The molecule has 132 valence electrons. The molecule has 3 aromatic rings. The van der Waals surface area contributed by atoms with Crippen molar-refractivity contribution >= 4 is 11.9 Å². The van der Waals surface area contributed by atoms with Gasteiger partial charge in [0.05, 0.1) is 11.9 Å². The van der Waals surface area contributed by atoms with Crippen molar-refractivity contribution in [1.29, 1.82) is 0 Å². The Balaban J connectivity index is 1.57. The van der Waals surface area contributed by atoms with E-state index >= 15 is 0 Å². The molecule has 0 atom stereocenters. The number of benzene rings is 3. The van der Waals surface area contributed by atoms with Crippen molar-refractivity contribution in [2.75, 3.05) is 5.43 Å². The summed E-state index contributed by atoms with van der Waals surface area (Å²) in [5, 5.41) is 4.14. The molecule has 0 bridgehead atoms. The first kappa shape index (κ1) is 17.7. The average molecular weight is 348 g/mol. The molecule has 0 aromatic heterocycles. The van der Waals surface area contributed by atoms with Crippen LogP contribution in [-0.4, -0.2) is 6.21 Å². The number of nitrogens with zero attached hydrogens (tertiary/aromatic N) is 1. The zero-order valence-corrected chi connectivity index (χ0v) is 14.8. The van der Waals surface area contributed by atoms with Gasteiger partial charge in [-0.3, -0.25) is 5.43 Å². The van der Waals surface area contributed by atoms with Crippen molar-refractivity contribution in [3.63, 3.8) is 0 Å². The predicted octanol–water partition coefficient (Wildman–Crippen LogP) is 6.19. The lowest BCUT2D eigenvalue weighted by molar-refractivity contribution is 0.482. The molecule has 3 aromatic carbocycles. The molecule has 3 nitrogen and oxygen atoms in total. The van der Waals surface area contributed by atoms with Crippen LogP contribution in [0.4, 0.5) is 10.1 Å². The summed E-state index contributed by atoms with van der Waals surface area (Å²) in [5.74, 6) is 1.82. The first-order chi connectivity index (χ1) is 12.6. The van der Waals surface area contributed by atoms with E-state index in [2.05, 4.69) is 36.5 Å². The lowest BCUT2D eigenvalue weighted by atomic mass is 10.0. The first-order valence-corrected chi connectivity index (χ1v) is 8.53. The molecule has 0 aliphatic rings. The maximum atomic E-state index is 12.8. The van der Waals surface area contributed by atoms with E-state index in [1.807, 2.05) is 36.4 Å². The Morgan fingerprint density at radius 2 is 1.42 bits per heavy atom. The van der Waals surface area contributed by atoms with Gasteiger partial charge in [-0.05, 0) is 77.7 Å². The maximum absolute atomic E-state index is 12.8. The molecule has 0 unspecified atom stereocenters. The van der Waals surface area contributed by atoms with E-state index in [0.717, 1.165) is 22.7 Å². The monoisotopic (exact) mass is 348 g/mol.